The number of piperidine rings is 1. The van der Waals surface area contributed by atoms with Crippen LogP contribution in [0.2, 0.25) is 0 Å². The molecule has 170 valence electrons. The lowest BCUT2D eigenvalue weighted by molar-refractivity contribution is 0.213. The Morgan fingerprint density at radius 3 is 2.88 bits per heavy atom. The number of imidazole rings is 2. The summed E-state index contributed by atoms with van der Waals surface area (Å²) in [6.45, 7) is 3.15. The zero-order chi connectivity index (χ0) is 22.9. The Balaban J connectivity index is 1.17. The van der Waals surface area contributed by atoms with Crippen LogP contribution in [0.4, 0.5) is 0 Å². The van der Waals surface area contributed by atoms with Crippen molar-refractivity contribution in [3.05, 3.63) is 73.1 Å². The lowest BCUT2D eigenvalue weighted by atomic mass is 9.96. The summed E-state index contributed by atoms with van der Waals surface area (Å²) < 4.78 is 4.19. The summed E-state index contributed by atoms with van der Waals surface area (Å²) in [5.74, 6) is 8.10. The molecule has 1 aliphatic heterocycles. The summed E-state index contributed by atoms with van der Waals surface area (Å²) in [7, 11) is 1.97. The monoisotopic (exact) mass is 449 g/mol. The number of fused-ring (bicyclic) bond motifs is 2. The van der Waals surface area contributed by atoms with Crippen molar-refractivity contribution in [1.82, 2.24) is 33.8 Å². The summed E-state index contributed by atoms with van der Waals surface area (Å²) in [6.07, 6.45) is 14.5. The Morgan fingerprint density at radius 1 is 1.12 bits per heavy atom. The van der Waals surface area contributed by atoms with Crippen molar-refractivity contribution in [1.29, 1.82) is 0 Å². The van der Waals surface area contributed by atoms with Crippen molar-refractivity contribution in [2.24, 2.45) is 7.05 Å². The van der Waals surface area contributed by atoms with Crippen LogP contribution in [0, 0.1) is 11.8 Å². The molecule has 0 spiro atoms. The van der Waals surface area contributed by atoms with Gasteiger partial charge in [0.15, 0.2) is 0 Å². The molecule has 0 bridgehead atoms. The summed E-state index contributed by atoms with van der Waals surface area (Å²) in [4.78, 5) is 19.5. The maximum absolute atomic E-state index is 5.17. The first kappa shape index (κ1) is 20.7. The molecule has 4 aromatic heterocycles. The zero-order valence-corrected chi connectivity index (χ0v) is 19.3. The molecule has 5 heterocycles. The Hall–Kier alpha value is -3.89. The van der Waals surface area contributed by atoms with Crippen LogP contribution in [0.5, 0.6) is 0 Å². The molecule has 1 N–H and O–H groups in total. The fourth-order valence-electron chi connectivity index (χ4n) is 4.92. The number of benzene rings is 1. The van der Waals surface area contributed by atoms with Crippen LogP contribution in [0.25, 0.3) is 27.7 Å². The minimum atomic E-state index is 0.439. The molecule has 0 amide bonds. The predicted molar refractivity (Wildman–Crippen MR) is 133 cm³/mol. The van der Waals surface area contributed by atoms with E-state index in [1.54, 1.807) is 6.33 Å². The zero-order valence-electron chi connectivity index (χ0n) is 19.3. The average Bonchev–Trinajstić information content (AvgIpc) is 3.60. The standard InChI is InChI=1S/C27H27N7/c1-32-19-29-17-23(32)4-2-3-12-33-13-8-21(9-14-33)27-31-26(25-18-28-11-15-34(25)27)22-6-5-20-7-10-30-24(20)16-22/h5-7,10-11,15-19,21,30H,3,8-9,12-14H2,1H3. The van der Waals surface area contributed by atoms with Gasteiger partial charge in [-0.15, -0.1) is 0 Å². The van der Waals surface area contributed by atoms with Gasteiger partial charge >= 0.3 is 0 Å². The molecule has 1 saturated heterocycles. The first-order valence-corrected chi connectivity index (χ1v) is 11.8. The highest BCUT2D eigenvalue weighted by atomic mass is 15.1. The second kappa shape index (κ2) is 8.81. The van der Waals surface area contributed by atoms with E-state index in [2.05, 4.69) is 66.6 Å². The number of aromatic amines is 1. The van der Waals surface area contributed by atoms with Crippen LogP contribution in [0.15, 0.2) is 61.6 Å². The molecule has 1 aromatic carbocycles. The number of hydrogen-bond acceptors (Lipinski definition) is 4. The van der Waals surface area contributed by atoms with Crippen LogP contribution in [0.3, 0.4) is 0 Å². The third-order valence-corrected chi connectivity index (χ3v) is 6.84. The van der Waals surface area contributed by atoms with E-state index in [9.17, 15) is 0 Å². The number of aryl methyl sites for hydroxylation is 1. The molecular weight excluding hydrogens is 422 g/mol. The number of rotatable bonds is 4. The summed E-state index contributed by atoms with van der Waals surface area (Å²) in [5.41, 5.74) is 5.29. The maximum Gasteiger partial charge on any atom is 0.117 e. The third-order valence-electron chi connectivity index (χ3n) is 6.84. The highest BCUT2D eigenvalue weighted by Crippen LogP contribution is 2.33. The van der Waals surface area contributed by atoms with Gasteiger partial charge in [-0.1, -0.05) is 18.1 Å². The van der Waals surface area contributed by atoms with Crippen molar-refractivity contribution in [3.63, 3.8) is 0 Å². The van der Waals surface area contributed by atoms with E-state index >= 15 is 0 Å². The van der Waals surface area contributed by atoms with E-state index in [1.165, 1.54) is 5.39 Å². The molecular formula is C27H27N7. The molecule has 0 unspecified atom stereocenters. The Kier molecular flexibility index (Phi) is 5.36. The first-order valence-electron chi connectivity index (χ1n) is 11.8. The van der Waals surface area contributed by atoms with Gasteiger partial charge < -0.3 is 14.5 Å². The molecule has 34 heavy (non-hydrogen) atoms. The van der Waals surface area contributed by atoms with Gasteiger partial charge in [-0.2, -0.15) is 0 Å². The molecule has 6 rings (SSSR count). The van der Waals surface area contributed by atoms with Gasteiger partial charge in [0, 0.05) is 55.6 Å². The normalized spacial score (nSPS) is 15.1. The van der Waals surface area contributed by atoms with Crippen LogP contribution in [-0.2, 0) is 7.05 Å². The molecule has 1 fully saturated rings. The van der Waals surface area contributed by atoms with E-state index in [0.29, 0.717) is 5.92 Å². The number of aromatic nitrogens is 6. The SMILES string of the molecule is Cn1cncc1C#CCCN1CCC(c2nc(-c3ccc4cc[nH]c4c3)c3cnccn23)CC1. The van der Waals surface area contributed by atoms with E-state index in [0.717, 1.165) is 72.7 Å². The number of nitrogens with one attached hydrogen (secondary N) is 1. The van der Waals surface area contributed by atoms with Crippen molar-refractivity contribution in [3.8, 4) is 23.1 Å². The van der Waals surface area contributed by atoms with Gasteiger partial charge in [-0.25, -0.2) is 9.97 Å². The molecule has 7 nitrogen and oxygen atoms in total. The quantitative estimate of drug-likeness (QED) is 0.417. The van der Waals surface area contributed by atoms with Gasteiger partial charge in [-0.05, 0) is 49.4 Å². The topological polar surface area (TPSA) is 67.0 Å². The largest absolute Gasteiger partial charge is 0.361 e. The lowest BCUT2D eigenvalue weighted by Gasteiger charge is -2.30. The Morgan fingerprint density at radius 2 is 2.03 bits per heavy atom. The first-order chi connectivity index (χ1) is 16.8. The smallest absolute Gasteiger partial charge is 0.117 e. The number of likely N-dealkylation sites (tertiary alicyclic amines) is 1. The van der Waals surface area contributed by atoms with Crippen LogP contribution >= 0.6 is 0 Å². The summed E-state index contributed by atoms with van der Waals surface area (Å²) >= 11 is 0. The van der Waals surface area contributed by atoms with Crippen molar-refractivity contribution >= 4 is 16.4 Å². The highest BCUT2D eigenvalue weighted by Gasteiger charge is 2.25. The van der Waals surface area contributed by atoms with Crippen LogP contribution in [0.1, 0.15) is 36.7 Å². The number of nitrogens with zero attached hydrogens (tertiary/aromatic N) is 6. The molecule has 1 aliphatic rings. The van der Waals surface area contributed by atoms with Crippen LogP contribution < -0.4 is 0 Å². The van der Waals surface area contributed by atoms with Crippen LogP contribution in [-0.4, -0.2) is 53.4 Å². The Labute approximate surface area is 198 Å². The van der Waals surface area contributed by atoms with E-state index in [1.807, 2.05) is 36.4 Å². The molecule has 0 radical (unpaired) electrons. The average molecular weight is 450 g/mol. The van der Waals surface area contributed by atoms with Gasteiger partial charge in [0.05, 0.1) is 29.9 Å². The fraction of sp³-hybridized carbons (Fsp3) is 0.296. The highest BCUT2D eigenvalue weighted by molar-refractivity contribution is 5.87. The maximum atomic E-state index is 5.17. The minimum Gasteiger partial charge on any atom is -0.361 e. The summed E-state index contributed by atoms with van der Waals surface area (Å²) in [5, 5.41) is 1.21. The molecule has 0 saturated carbocycles. The second-order valence-electron chi connectivity index (χ2n) is 8.99. The van der Waals surface area contributed by atoms with Gasteiger partial charge in [0.1, 0.15) is 11.5 Å². The molecule has 0 aliphatic carbocycles. The van der Waals surface area contributed by atoms with Gasteiger partial charge in [0.25, 0.3) is 0 Å². The van der Waals surface area contributed by atoms with E-state index in [-0.39, 0.29) is 0 Å². The molecule has 5 aromatic rings. The number of H-pyrrole nitrogens is 1. The Bertz CT molecular complexity index is 1500. The summed E-state index contributed by atoms with van der Waals surface area (Å²) in [6, 6.07) is 8.59. The third kappa shape index (κ3) is 3.87. The van der Waals surface area contributed by atoms with Gasteiger partial charge in [0.2, 0.25) is 0 Å². The number of hydrogen-bond donors (Lipinski definition) is 1. The fourth-order valence-corrected chi connectivity index (χ4v) is 4.92. The van der Waals surface area contributed by atoms with E-state index in [4.69, 9.17) is 4.98 Å². The predicted octanol–water partition coefficient (Wildman–Crippen LogP) is 4.23. The lowest BCUT2D eigenvalue weighted by Crippen LogP contribution is -2.34. The molecule has 7 heteroatoms. The van der Waals surface area contributed by atoms with E-state index < -0.39 is 0 Å². The second-order valence-corrected chi connectivity index (χ2v) is 8.99. The van der Waals surface area contributed by atoms with Crippen molar-refractivity contribution in [2.45, 2.75) is 25.2 Å². The molecule has 0 atom stereocenters. The minimum absolute atomic E-state index is 0.439. The van der Waals surface area contributed by atoms with Crippen molar-refractivity contribution in [2.75, 3.05) is 19.6 Å². The van der Waals surface area contributed by atoms with Gasteiger partial charge in [-0.3, -0.25) is 9.38 Å². The van der Waals surface area contributed by atoms with Crippen molar-refractivity contribution < 1.29 is 0 Å².